The van der Waals surface area contributed by atoms with Gasteiger partial charge in [0.15, 0.2) is 5.16 Å². The second-order valence-electron chi connectivity index (χ2n) is 8.13. The summed E-state index contributed by atoms with van der Waals surface area (Å²) < 4.78 is 25.8. The summed E-state index contributed by atoms with van der Waals surface area (Å²) in [5.41, 5.74) is 1.24. The third-order valence-corrected chi connectivity index (χ3v) is 8.18. The lowest BCUT2D eigenvalue weighted by molar-refractivity contribution is -0.113. The van der Waals surface area contributed by atoms with Gasteiger partial charge in [-0.3, -0.25) is 14.2 Å². The number of rotatable bonds is 6. The molecular formula is C26H19IN4O4S2. The van der Waals surface area contributed by atoms with Crippen molar-refractivity contribution in [3.8, 4) is 5.69 Å². The topological polar surface area (TPSA) is 124 Å². The summed E-state index contributed by atoms with van der Waals surface area (Å²) in [5, 5.41) is 10.6. The molecule has 0 unspecified atom stereocenters. The third kappa shape index (κ3) is 5.54. The molecule has 5 rings (SSSR count). The SMILES string of the molecule is NS(=O)(=O)c1ccc(-n2c(SCC(=O)Nc3ccc(I)cc3)nc3cc4ccccc4cc3c2=O)cc1. The molecule has 1 amide bonds. The highest BCUT2D eigenvalue weighted by molar-refractivity contribution is 14.1. The minimum Gasteiger partial charge on any atom is -0.325 e. The smallest absolute Gasteiger partial charge is 0.266 e. The first kappa shape index (κ1) is 25.4. The minimum atomic E-state index is -3.90. The second-order valence-corrected chi connectivity index (χ2v) is 11.9. The first-order valence-electron chi connectivity index (χ1n) is 11.0. The zero-order valence-corrected chi connectivity index (χ0v) is 22.9. The Bertz CT molecular complexity index is 1820. The van der Waals surface area contributed by atoms with Gasteiger partial charge in [0.05, 0.1) is 27.2 Å². The van der Waals surface area contributed by atoms with E-state index < -0.39 is 10.0 Å². The van der Waals surface area contributed by atoms with Crippen molar-refractivity contribution in [2.24, 2.45) is 5.14 Å². The highest BCUT2D eigenvalue weighted by atomic mass is 127. The molecule has 0 aliphatic carbocycles. The maximum absolute atomic E-state index is 13.7. The fraction of sp³-hybridized carbons (Fsp3) is 0.0385. The molecule has 1 aromatic heterocycles. The lowest BCUT2D eigenvalue weighted by Crippen LogP contribution is -2.23. The van der Waals surface area contributed by atoms with Crippen molar-refractivity contribution < 1.29 is 13.2 Å². The Labute approximate surface area is 230 Å². The standard InChI is InChI=1S/C26H19IN4O4S2/c27-18-5-7-19(8-6-18)29-24(32)15-36-26-30-23-14-17-4-2-1-3-16(17)13-22(23)25(33)31(26)20-9-11-21(12-10-20)37(28,34)35/h1-14H,15H2,(H,29,32)(H2,28,34,35). The first-order chi connectivity index (χ1) is 17.7. The molecule has 3 N–H and O–H groups in total. The van der Waals surface area contributed by atoms with Gasteiger partial charge in [0.2, 0.25) is 15.9 Å². The largest absolute Gasteiger partial charge is 0.325 e. The fourth-order valence-electron chi connectivity index (χ4n) is 3.82. The van der Waals surface area contributed by atoms with Gasteiger partial charge in [0, 0.05) is 9.26 Å². The monoisotopic (exact) mass is 642 g/mol. The van der Waals surface area contributed by atoms with Gasteiger partial charge in [-0.1, -0.05) is 36.0 Å². The van der Waals surface area contributed by atoms with Crippen molar-refractivity contribution in [2.45, 2.75) is 10.1 Å². The Balaban J connectivity index is 1.57. The molecule has 8 nitrogen and oxygen atoms in total. The summed E-state index contributed by atoms with van der Waals surface area (Å²) in [6.45, 7) is 0. The molecule has 0 fully saturated rings. The van der Waals surface area contributed by atoms with Gasteiger partial charge < -0.3 is 5.32 Å². The van der Waals surface area contributed by atoms with E-state index in [4.69, 9.17) is 10.1 Å². The van der Waals surface area contributed by atoms with E-state index in [0.717, 1.165) is 26.1 Å². The summed E-state index contributed by atoms with van der Waals surface area (Å²) in [5.74, 6) is -0.248. The Morgan fingerprint density at radius 1 is 0.973 bits per heavy atom. The number of thioether (sulfide) groups is 1. The van der Waals surface area contributed by atoms with Crippen molar-refractivity contribution in [1.29, 1.82) is 0 Å². The third-order valence-electron chi connectivity index (χ3n) is 5.59. The van der Waals surface area contributed by atoms with Gasteiger partial charge >= 0.3 is 0 Å². The van der Waals surface area contributed by atoms with Gasteiger partial charge in [-0.25, -0.2) is 18.5 Å². The molecule has 0 radical (unpaired) electrons. The zero-order valence-electron chi connectivity index (χ0n) is 19.1. The van der Waals surface area contributed by atoms with Crippen LogP contribution in [-0.4, -0.2) is 29.6 Å². The maximum atomic E-state index is 13.7. The van der Waals surface area contributed by atoms with Crippen LogP contribution >= 0.6 is 34.4 Å². The number of carbonyl (C=O) groups is 1. The molecule has 0 saturated carbocycles. The summed E-state index contributed by atoms with van der Waals surface area (Å²) in [7, 11) is -3.90. The van der Waals surface area contributed by atoms with Crippen LogP contribution in [0.3, 0.4) is 0 Å². The number of aromatic nitrogens is 2. The van der Waals surface area contributed by atoms with E-state index in [2.05, 4.69) is 27.9 Å². The van der Waals surface area contributed by atoms with Gasteiger partial charge in [-0.05, 0) is 94.0 Å². The zero-order chi connectivity index (χ0) is 26.2. The van der Waals surface area contributed by atoms with Crippen LogP contribution in [-0.2, 0) is 14.8 Å². The number of hydrogen-bond acceptors (Lipinski definition) is 6. The summed E-state index contributed by atoms with van der Waals surface area (Å²) >= 11 is 3.30. The molecule has 0 spiro atoms. The molecule has 11 heteroatoms. The van der Waals surface area contributed by atoms with E-state index in [1.165, 1.54) is 28.8 Å². The molecule has 0 saturated heterocycles. The number of hydrogen-bond donors (Lipinski definition) is 2. The number of halogens is 1. The van der Waals surface area contributed by atoms with E-state index in [0.29, 0.717) is 27.4 Å². The lowest BCUT2D eigenvalue weighted by Gasteiger charge is -2.14. The number of primary sulfonamides is 1. The van der Waals surface area contributed by atoms with Crippen molar-refractivity contribution in [3.05, 3.63) is 98.9 Å². The van der Waals surface area contributed by atoms with E-state index in [1.807, 2.05) is 54.6 Å². The number of carbonyl (C=O) groups excluding carboxylic acids is 1. The Hall–Kier alpha value is -3.26. The van der Waals surface area contributed by atoms with Crippen LogP contribution in [0.2, 0.25) is 0 Å². The molecule has 186 valence electrons. The van der Waals surface area contributed by atoms with E-state index in [-0.39, 0.29) is 22.1 Å². The normalized spacial score (nSPS) is 11.6. The van der Waals surface area contributed by atoms with E-state index in [9.17, 15) is 18.0 Å². The van der Waals surface area contributed by atoms with Crippen LogP contribution in [0.15, 0.2) is 99.8 Å². The number of sulfonamides is 1. The first-order valence-corrected chi connectivity index (χ1v) is 14.6. The Morgan fingerprint density at radius 3 is 2.27 bits per heavy atom. The second kappa shape index (κ2) is 10.2. The summed E-state index contributed by atoms with van der Waals surface area (Å²) in [6, 6.07) is 24.3. The van der Waals surface area contributed by atoms with Crippen LogP contribution in [0, 0.1) is 3.57 Å². The minimum absolute atomic E-state index is 0.00672. The van der Waals surface area contributed by atoms with Crippen molar-refractivity contribution in [3.63, 3.8) is 0 Å². The van der Waals surface area contributed by atoms with E-state index >= 15 is 0 Å². The molecule has 4 aromatic carbocycles. The van der Waals surface area contributed by atoms with Gasteiger partial charge in [0.1, 0.15) is 0 Å². The number of nitrogens with zero attached hydrogens (tertiary/aromatic N) is 2. The van der Waals surface area contributed by atoms with Gasteiger partial charge in [0.25, 0.3) is 5.56 Å². The number of benzene rings is 4. The molecule has 37 heavy (non-hydrogen) atoms. The highest BCUT2D eigenvalue weighted by Gasteiger charge is 2.17. The van der Waals surface area contributed by atoms with E-state index in [1.54, 1.807) is 6.07 Å². The summed E-state index contributed by atoms with van der Waals surface area (Å²) in [6.07, 6.45) is 0. The number of nitrogens with two attached hydrogens (primary N) is 1. The molecule has 0 bridgehead atoms. The average molecular weight is 643 g/mol. The quantitative estimate of drug-likeness (QED) is 0.122. The highest BCUT2D eigenvalue weighted by Crippen LogP contribution is 2.25. The fourth-order valence-corrected chi connectivity index (χ4v) is 5.51. The Kier molecular flexibility index (Phi) is 7.03. The molecular weight excluding hydrogens is 623 g/mol. The van der Waals surface area contributed by atoms with Gasteiger partial charge in [-0.2, -0.15) is 0 Å². The van der Waals surface area contributed by atoms with Crippen LogP contribution in [0.5, 0.6) is 0 Å². The molecule has 0 aliphatic rings. The molecule has 1 heterocycles. The lowest BCUT2D eigenvalue weighted by atomic mass is 10.1. The van der Waals surface area contributed by atoms with Crippen molar-refractivity contribution in [2.75, 3.05) is 11.1 Å². The molecule has 5 aromatic rings. The van der Waals surface area contributed by atoms with Crippen LogP contribution in [0.4, 0.5) is 5.69 Å². The number of amides is 1. The number of anilines is 1. The number of nitrogens with one attached hydrogen (secondary N) is 1. The van der Waals surface area contributed by atoms with Crippen molar-refractivity contribution >= 4 is 77.6 Å². The Morgan fingerprint density at radius 2 is 1.62 bits per heavy atom. The molecule has 0 aliphatic heterocycles. The number of fused-ring (bicyclic) bond motifs is 2. The van der Waals surface area contributed by atoms with Crippen LogP contribution in [0.25, 0.3) is 27.4 Å². The average Bonchev–Trinajstić information content (AvgIpc) is 2.87. The predicted molar refractivity (Wildman–Crippen MR) is 155 cm³/mol. The van der Waals surface area contributed by atoms with Crippen molar-refractivity contribution in [1.82, 2.24) is 9.55 Å². The van der Waals surface area contributed by atoms with Crippen LogP contribution < -0.4 is 16.0 Å². The predicted octanol–water partition coefficient (Wildman–Crippen LogP) is 4.52. The van der Waals surface area contributed by atoms with Gasteiger partial charge in [-0.15, -0.1) is 0 Å². The van der Waals surface area contributed by atoms with Crippen LogP contribution in [0.1, 0.15) is 0 Å². The summed E-state index contributed by atoms with van der Waals surface area (Å²) in [4.78, 5) is 31.0. The maximum Gasteiger partial charge on any atom is 0.266 e. The molecule has 0 atom stereocenters.